The molecule has 0 unspecified atom stereocenters. The minimum atomic E-state index is -4.41. The van der Waals surface area contributed by atoms with Crippen molar-refractivity contribution in [3.63, 3.8) is 0 Å². The van der Waals surface area contributed by atoms with Crippen LogP contribution < -0.4 is 10.6 Å². The molecule has 0 aliphatic carbocycles. The number of rotatable bonds is 6. The number of thiazole rings is 1. The van der Waals surface area contributed by atoms with E-state index in [1.807, 2.05) is 6.07 Å². The van der Waals surface area contributed by atoms with Gasteiger partial charge in [0, 0.05) is 23.7 Å². The highest BCUT2D eigenvalue weighted by atomic mass is 32.1. The Morgan fingerprint density at radius 3 is 2.41 bits per heavy atom. The second kappa shape index (κ2) is 9.52. The van der Waals surface area contributed by atoms with Crippen molar-refractivity contribution in [2.45, 2.75) is 33.5 Å². The first kappa shape index (κ1) is 23.5. The van der Waals surface area contributed by atoms with E-state index >= 15 is 0 Å². The van der Waals surface area contributed by atoms with Crippen LogP contribution in [0.5, 0.6) is 0 Å². The third kappa shape index (κ3) is 5.73. The van der Waals surface area contributed by atoms with Gasteiger partial charge < -0.3 is 10.6 Å². The van der Waals surface area contributed by atoms with Crippen molar-refractivity contribution in [3.8, 4) is 10.6 Å². The molecule has 2 amide bonds. The monoisotopic (exact) mass is 461 g/mol. The number of halogens is 3. The highest BCUT2D eigenvalue weighted by molar-refractivity contribution is 7.17. The summed E-state index contributed by atoms with van der Waals surface area (Å²) in [5.41, 5.74) is 1.73. The molecule has 0 spiro atoms. The third-order valence-electron chi connectivity index (χ3n) is 4.63. The van der Waals surface area contributed by atoms with Gasteiger partial charge in [0.05, 0.1) is 11.3 Å². The average Bonchev–Trinajstić information content (AvgIpc) is 3.13. The van der Waals surface area contributed by atoms with Crippen molar-refractivity contribution < 1.29 is 22.8 Å². The number of benzene rings is 2. The summed E-state index contributed by atoms with van der Waals surface area (Å²) in [5.74, 6) is -0.566. The van der Waals surface area contributed by atoms with E-state index in [2.05, 4.69) is 15.6 Å². The molecule has 9 heteroatoms. The Morgan fingerprint density at radius 2 is 1.78 bits per heavy atom. The summed E-state index contributed by atoms with van der Waals surface area (Å²) < 4.78 is 38.3. The van der Waals surface area contributed by atoms with Crippen LogP contribution in [0.4, 0.5) is 18.9 Å². The van der Waals surface area contributed by atoms with Gasteiger partial charge in [0.15, 0.2) is 0 Å². The number of carbonyl (C=O) groups is 2. The van der Waals surface area contributed by atoms with Crippen LogP contribution in [0.15, 0.2) is 48.5 Å². The molecule has 168 valence electrons. The highest BCUT2D eigenvalue weighted by Gasteiger charge is 2.30. The maximum absolute atomic E-state index is 12.8. The van der Waals surface area contributed by atoms with Crippen molar-refractivity contribution in [1.29, 1.82) is 0 Å². The average molecular weight is 462 g/mol. The van der Waals surface area contributed by atoms with Gasteiger partial charge in [-0.2, -0.15) is 13.2 Å². The Balaban J connectivity index is 1.68. The molecular formula is C23H22F3N3O2S. The first-order chi connectivity index (χ1) is 15.0. The summed E-state index contributed by atoms with van der Waals surface area (Å²) in [5, 5.41) is 6.11. The first-order valence-corrected chi connectivity index (χ1v) is 10.7. The Kier molecular flexibility index (Phi) is 6.98. The van der Waals surface area contributed by atoms with Gasteiger partial charge in [-0.05, 0) is 36.8 Å². The fraction of sp³-hybridized carbons (Fsp3) is 0.261. The van der Waals surface area contributed by atoms with Crippen molar-refractivity contribution in [1.82, 2.24) is 10.3 Å². The van der Waals surface area contributed by atoms with Crippen LogP contribution in [-0.4, -0.2) is 16.8 Å². The summed E-state index contributed by atoms with van der Waals surface area (Å²) in [6.45, 7) is 5.53. The molecule has 32 heavy (non-hydrogen) atoms. The number of carbonyl (C=O) groups excluding carboxylic acids is 2. The standard InChI is InChI=1S/C23H22F3N3O2S/c1-13(2)20(30)29-18-6-4-5-15(11-18)12-27-21(31)19-14(3)28-22(32-19)16-7-9-17(10-8-16)23(24,25)26/h4-11,13H,12H2,1-3H3,(H,27,31)(H,29,30). The molecule has 1 heterocycles. The summed E-state index contributed by atoms with van der Waals surface area (Å²) in [6.07, 6.45) is -4.41. The molecule has 0 aliphatic rings. The lowest BCUT2D eigenvalue weighted by Crippen LogP contribution is -2.23. The molecule has 3 rings (SSSR count). The summed E-state index contributed by atoms with van der Waals surface area (Å²) >= 11 is 1.12. The van der Waals surface area contributed by atoms with Crippen molar-refractivity contribution in [3.05, 3.63) is 70.2 Å². The number of aromatic nitrogens is 1. The predicted molar refractivity (Wildman–Crippen MR) is 118 cm³/mol. The van der Waals surface area contributed by atoms with Crippen molar-refractivity contribution in [2.75, 3.05) is 5.32 Å². The minimum absolute atomic E-state index is 0.0951. The van der Waals surface area contributed by atoms with Gasteiger partial charge in [-0.25, -0.2) is 4.98 Å². The van der Waals surface area contributed by atoms with Crippen LogP contribution in [0.25, 0.3) is 10.6 Å². The number of nitrogens with one attached hydrogen (secondary N) is 2. The topological polar surface area (TPSA) is 71.1 Å². The number of alkyl halides is 3. The van der Waals surface area contributed by atoms with E-state index in [1.54, 1.807) is 39.0 Å². The summed E-state index contributed by atoms with van der Waals surface area (Å²) in [4.78, 5) is 29.3. The van der Waals surface area contributed by atoms with Crippen molar-refractivity contribution in [2.24, 2.45) is 5.92 Å². The second-order valence-corrected chi connectivity index (χ2v) is 8.53. The molecule has 0 saturated carbocycles. The van der Waals surface area contributed by atoms with E-state index in [9.17, 15) is 22.8 Å². The Labute approximate surface area is 187 Å². The van der Waals surface area contributed by atoms with E-state index in [-0.39, 0.29) is 24.3 Å². The number of nitrogens with zero attached hydrogens (tertiary/aromatic N) is 1. The summed E-state index contributed by atoms with van der Waals surface area (Å²) in [7, 11) is 0. The zero-order valence-electron chi connectivity index (χ0n) is 17.7. The maximum Gasteiger partial charge on any atom is 0.416 e. The molecule has 3 aromatic rings. The van der Waals surface area contributed by atoms with Gasteiger partial charge in [0.25, 0.3) is 5.91 Å². The van der Waals surface area contributed by atoms with Crippen LogP contribution in [0.1, 0.15) is 40.3 Å². The number of hydrogen-bond acceptors (Lipinski definition) is 4. The highest BCUT2D eigenvalue weighted by Crippen LogP contribution is 2.33. The van der Waals surface area contributed by atoms with E-state index in [4.69, 9.17) is 0 Å². The third-order valence-corrected chi connectivity index (χ3v) is 5.84. The zero-order chi connectivity index (χ0) is 23.5. The van der Waals surface area contributed by atoms with E-state index in [0.717, 1.165) is 29.0 Å². The van der Waals surface area contributed by atoms with Gasteiger partial charge in [0.1, 0.15) is 9.88 Å². The Morgan fingerprint density at radius 1 is 1.09 bits per heavy atom. The SMILES string of the molecule is Cc1nc(-c2ccc(C(F)(F)F)cc2)sc1C(=O)NCc1cccc(NC(=O)C(C)C)c1. The van der Waals surface area contributed by atoms with Crippen LogP contribution in [0.3, 0.4) is 0 Å². The van der Waals surface area contributed by atoms with Crippen LogP contribution in [0, 0.1) is 12.8 Å². The molecule has 0 bridgehead atoms. The number of aryl methyl sites for hydroxylation is 1. The van der Waals surface area contributed by atoms with E-state index in [1.165, 1.54) is 12.1 Å². The fourth-order valence-corrected chi connectivity index (χ4v) is 3.83. The second-order valence-electron chi connectivity index (χ2n) is 7.54. The van der Waals surface area contributed by atoms with E-state index < -0.39 is 11.7 Å². The number of hydrogen-bond donors (Lipinski definition) is 2. The minimum Gasteiger partial charge on any atom is -0.347 e. The Bertz CT molecular complexity index is 1120. The maximum atomic E-state index is 12.8. The largest absolute Gasteiger partial charge is 0.416 e. The lowest BCUT2D eigenvalue weighted by atomic mass is 10.1. The van der Waals surface area contributed by atoms with Gasteiger partial charge in [-0.3, -0.25) is 9.59 Å². The molecule has 2 aromatic carbocycles. The summed E-state index contributed by atoms with van der Waals surface area (Å²) in [6, 6.07) is 11.9. The molecule has 0 atom stereocenters. The normalized spacial score (nSPS) is 11.5. The van der Waals surface area contributed by atoms with Crippen molar-refractivity contribution >= 4 is 28.8 Å². The molecule has 2 N–H and O–H groups in total. The molecule has 0 fully saturated rings. The molecular weight excluding hydrogens is 439 g/mol. The predicted octanol–water partition coefficient (Wildman–Crippen LogP) is 5.66. The lowest BCUT2D eigenvalue weighted by Gasteiger charge is -2.10. The number of amides is 2. The smallest absolute Gasteiger partial charge is 0.347 e. The lowest BCUT2D eigenvalue weighted by molar-refractivity contribution is -0.137. The zero-order valence-corrected chi connectivity index (χ0v) is 18.5. The first-order valence-electron chi connectivity index (χ1n) is 9.87. The van der Waals surface area contributed by atoms with Gasteiger partial charge in [0.2, 0.25) is 5.91 Å². The quantitative estimate of drug-likeness (QED) is 0.498. The van der Waals surface area contributed by atoms with Gasteiger partial charge in [-0.15, -0.1) is 11.3 Å². The van der Waals surface area contributed by atoms with Crippen LogP contribution in [-0.2, 0) is 17.5 Å². The molecule has 0 radical (unpaired) electrons. The molecule has 5 nitrogen and oxygen atoms in total. The van der Waals surface area contributed by atoms with Crippen LogP contribution >= 0.6 is 11.3 Å². The number of anilines is 1. The van der Waals surface area contributed by atoms with E-state index in [0.29, 0.717) is 26.8 Å². The Hall–Kier alpha value is -3.20. The molecule has 0 aliphatic heterocycles. The van der Waals surface area contributed by atoms with Gasteiger partial charge >= 0.3 is 6.18 Å². The van der Waals surface area contributed by atoms with Gasteiger partial charge in [-0.1, -0.05) is 38.1 Å². The molecule has 1 aromatic heterocycles. The molecule has 0 saturated heterocycles. The fourth-order valence-electron chi connectivity index (χ4n) is 2.84. The van der Waals surface area contributed by atoms with Crippen LogP contribution in [0.2, 0.25) is 0 Å².